The number of halogens is 1. The number of benzene rings is 2. The lowest BCUT2D eigenvalue weighted by Crippen LogP contribution is -2.33. The van der Waals surface area contributed by atoms with E-state index in [1.165, 1.54) is 18.2 Å². The fraction of sp³-hybridized carbons (Fsp3) is 0.240. The molecule has 0 unspecified atom stereocenters. The predicted octanol–water partition coefficient (Wildman–Crippen LogP) is 5.80. The fourth-order valence-corrected chi connectivity index (χ4v) is 3.60. The standard InChI is InChI=1S/C25H26ClN3O3/c1-19(2)16-28(25(30)14-11-20-9-12-22(13-10-20)29(31)32)18-23-7-5-15-27(23)17-21-6-3-4-8-24(21)26/h3-15,19H,16-18H2,1-2H3/b14-11+. The van der Waals surface area contributed by atoms with Crippen LogP contribution in [-0.2, 0) is 17.9 Å². The van der Waals surface area contributed by atoms with Crippen LogP contribution in [0.5, 0.6) is 0 Å². The van der Waals surface area contributed by atoms with Gasteiger partial charge in [0.05, 0.1) is 11.5 Å². The minimum Gasteiger partial charge on any atom is -0.345 e. The van der Waals surface area contributed by atoms with E-state index in [0.717, 1.165) is 16.8 Å². The summed E-state index contributed by atoms with van der Waals surface area (Å²) in [5.74, 6) is 0.196. The third kappa shape index (κ3) is 6.31. The van der Waals surface area contributed by atoms with Crippen molar-refractivity contribution in [1.82, 2.24) is 9.47 Å². The van der Waals surface area contributed by atoms with Gasteiger partial charge in [0.1, 0.15) is 0 Å². The Balaban J connectivity index is 1.74. The van der Waals surface area contributed by atoms with Gasteiger partial charge in [-0.2, -0.15) is 0 Å². The van der Waals surface area contributed by atoms with E-state index in [9.17, 15) is 14.9 Å². The van der Waals surface area contributed by atoms with Crippen molar-refractivity contribution >= 4 is 29.3 Å². The number of amides is 1. The van der Waals surface area contributed by atoms with Crippen LogP contribution in [0.25, 0.3) is 6.08 Å². The third-order valence-electron chi connectivity index (χ3n) is 4.99. The highest BCUT2D eigenvalue weighted by atomic mass is 35.5. The molecule has 0 radical (unpaired) electrons. The summed E-state index contributed by atoms with van der Waals surface area (Å²) in [6.45, 7) is 5.86. The van der Waals surface area contributed by atoms with Crippen molar-refractivity contribution in [1.29, 1.82) is 0 Å². The summed E-state index contributed by atoms with van der Waals surface area (Å²) >= 11 is 6.32. The molecule has 0 aliphatic heterocycles. The highest BCUT2D eigenvalue weighted by molar-refractivity contribution is 6.31. The van der Waals surface area contributed by atoms with Crippen molar-refractivity contribution in [3.63, 3.8) is 0 Å². The topological polar surface area (TPSA) is 68.4 Å². The van der Waals surface area contributed by atoms with Crippen LogP contribution in [0, 0.1) is 16.0 Å². The lowest BCUT2D eigenvalue weighted by Gasteiger charge is -2.24. The number of nitro benzene ring substituents is 1. The van der Waals surface area contributed by atoms with Crippen molar-refractivity contribution in [3.8, 4) is 0 Å². The molecule has 1 heterocycles. The summed E-state index contributed by atoms with van der Waals surface area (Å²) in [6, 6.07) is 17.8. The van der Waals surface area contributed by atoms with Gasteiger partial charge >= 0.3 is 0 Å². The number of hydrogen-bond donors (Lipinski definition) is 0. The highest BCUT2D eigenvalue weighted by Crippen LogP contribution is 2.19. The minimum atomic E-state index is -0.444. The molecule has 0 atom stereocenters. The second-order valence-electron chi connectivity index (χ2n) is 8.01. The largest absolute Gasteiger partial charge is 0.345 e. The molecule has 0 saturated heterocycles. The van der Waals surface area contributed by atoms with Gasteiger partial charge in [0, 0.05) is 48.2 Å². The van der Waals surface area contributed by atoms with Crippen LogP contribution in [-0.4, -0.2) is 26.8 Å². The van der Waals surface area contributed by atoms with E-state index < -0.39 is 4.92 Å². The first kappa shape index (κ1) is 23.3. The van der Waals surface area contributed by atoms with Crippen LogP contribution in [0.4, 0.5) is 5.69 Å². The molecule has 0 spiro atoms. The summed E-state index contributed by atoms with van der Waals surface area (Å²) in [5.41, 5.74) is 2.79. The maximum absolute atomic E-state index is 13.0. The van der Waals surface area contributed by atoms with Gasteiger partial charge < -0.3 is 9.47 Å². The van der Waals surface area contributed by atoms with Gasteiger partial charge in [-0.25, -0.2) is 0 Å². The molecule has 3 rings (SSSR count). The molecule has 7 heteroatoms. The number of nitrogens with zero attached hydrogens (tertiary/aromatic N) is 3. The zero-order valence-electron chi connectivity index (χ0n) is 18.1. The molecule has 0 N–H and O–H groups in total. The number of nitro groups is 1. The van der Waals surface area contributed by atoms with E-state index in [0.29, 0.717) is 30.6 Å². The number of carbonyl (C=O) groups is 1. The summed E-state index contributed by atoms with van der Waals surface area (Å²) in [7, 11) is 0. The molecular weight excluding hydrogens is 426 g/mol. The van der Waals surface area contributed by atoms with E-state index in [2.05, 4.69) is 18.4 Å². The molecule has 1 amide bonds. The third-order valence-corrected chi connectivity index (χ3v) is 5.36. The Morgan fingerprint density at radius 2 is 1.84 bits per heavy atom. The van der Waals surface area contributed by atoms with Crippen molar-refractivity contribution < 1.29 is 9.72 Å². The van der Waals surface area contributed by atoms with Crippen LogP contribution in [0.15, 0.2) is 72.9 Å². The summed E-state index contributed by atoms with van der Waals surface area (Å²) in [5, 5.41) is 11.5. The van der Waals surface area contributed by atoms with Crippen molar-refractivity contribution in [2.45, 2.75) is 26.9 Å². The smallest absolute Gasteiger partial charge is 0.269 e. The summed E-state index contributed by atoms with van der Waals surface area (Å²) in [6.07, 6.45) is 5.19. The van der Waals surface area contributed by atoms with Crippen LogP contribution in [0.3, 0.4) is 0 Å². The van der Waals surface area contributed by atoms with E-state index in [-0.39, 0.29) is 11.6 Å². The van der Waals surface area contributed by atoms with Crippen LogP contribution < -0.4 is 0 Å². The SMILES string of the molecule is CC(C)CN(Cc1cccn1Cc1ccccc1Cl)C(=O)/C=C/c1ccc([N+](=O)[O-])cc1. The van der Waals surface area contributed by atoms with Gasteiger partial charge in [0.15, 0.2) is 0 Å². The van der Waals surface area contributed by atoms with Crippen LogP contribution in [0.2, 0.25) is 5.02 Å². The molecule has 1 aromatic heterocycles. The van der Waals surface area contributed by atoms with Crippen LogP contribution in [0.1, 0.15) is 30.7 Å². The first-order valence-corrected chi connectivity index (χ1v) is 10.8. The number of non-ortho nitro benzene ring substituents is 1. The van der Waals surface area contributed by atoms with Crippen molar-refractivity contribution in [3.05, 3.63) is 105 Å². The predicted molar refractivity (Wildman–Crippen MR) is 127 cm³/mol. The van der Waals surface area contributed by atoms with Gasteiger partial charge in [0.2, 0.25) is 5.91 Å². The highest BCUT2D eigenvalue weighted by Gasteiger charge is 2.15. The molecule has 166 valence electrons. The first-order valence-electron chi connectivity index (χ1n) is 10.4. The fourth-order valence-electron chi connectivity index (χ4n) is 3.41. The van der Waals surface area contributed by atoms with Crippen molar-refractivity contribution in [2.24, 2.45) is 5.92 Å². The Morgan fingerprint density at radius 1 is 1.12 bits per heavy atom. The van der Waals surface area contributed by atoms with Gasteiger partial charge in [-0.3, -0.25) is 14.9 Å². The number of rotatable bonds is 9. The molecular formula is C25H26ClN3O3. The zero-order chi connectivity index (χ0) is 23.1. The first-order chi connectivity index (χ1) is 15.3. The molecule has 0 fully saturated rings. The number of hydrogen-bond acceptors (Lipinski definition) is 3. The second kappa shape index (κ2) is 10.8. The second-order valence-corrected chi connectivity index (χ2v) is 8.42. The Labute approximate surface area is 192 Å². The molecule has 0 bridgehead atoms. The summed E-state index contributed by atoms with van der Waals surface area (Å²) < 4.78 is 2.10. The van der Waals surface area contributed by atoms with Crippen molar-refractivity contribution in [2.75, 3.05) is 6.54 Å². The quantitative estimate of drug-likeness (QED) is 0.234. The van der Waals surface area contributed by atoms with E-state index in [1.807, 2.05) is 47.5 Å². The molecule has 0 aliphatic carbocycles. The minimum absolute atomic E-state index is 0.0224. The molecule has 2 aromatic carbocycles. The summed E-state index contributed by atoms with van der Waals surface area (Å²) in [4.78, 5) is 25.1. The average Bonchev–Trinajstić information content (AvgIpc) is 3.19. The normalized spacial score (nSPS) is 11.2. The number of aromatic nitrogens is 1. The maximum atomic E-state index is 13.0. The maximum Gasteiger partial charge on any atom is 0.269 e. The Bertz CT molecular complexity index is 1100. The van der Waals surface area contributed by atoms with Crippen LogP contribution >= 0.6 is 11.6 Å². The Morgan fingerprint density at radius 3 is 2.50 bits per heavy atom. The lowest BCUT2D eigenvalue weighted by molar-refractivity contribution is -0.384. The lowest BCUT2D eigenvalue weighted by atomic mass is 10.1. The molecule has 0 saturated carbocycles. The van der Waals surface area contributed by atoms with Gasteiger partial charge in [-0.05, 0) is 53.5 Å². The van der Waals surface area contributed by atoms with E-state index in [4.69, 9.17) is 11.6 Å². The Hall–Kier alpha value is -3.38. The van der Waals surface area contributed by atoms with Gasteiger partial charge in [-0.1, -0.05) is 43.6 Å². The molecule has 0 aliphatic rings. The zero-order valence-corrected chi connectivity index (χ0v) is 18.9. The molecule has 32 heavy (non-hydrogen) atoms. The van der Waals surface area contributed by atoms with E-state index >= 15 is 0 Å². The monoisotopic (exact) mass is 451 g/mol. The number of carbonyl (C=O) groups excluding carboxylic acids is 1. The molecule has 6 nitrogen and oxygen atoms in total. The van der Waals surface area contributed by atoms with Gasteiger partial charge in [-0.15, -0.1) is 0 Å². The van der Waals surface area contributed by atoms with Gasteiger partial charge in [0.25, 0.3) is 5.69 Å². The Kier molecular flexibility index (Phi) is 7.84. The van der Waals surface area contributed by atoms with E-state index in [1.54, 1.807) is 18.2 Å². The average molecular weight is 452 g/mol. The molecule has 3 aromatic rings.